The Balaban J connectivity index is 1.43. The summed E-state index contributed by atoms with van der Waals surface area (Å²) < 4.78 is 0. The predicted octanol–water partition coefficient (Wildman–Crippen LogP) is 4.38. The number of hydrogen-bond acceptors (Lipinski definition) is 5. The summed E-state index contributed by atoms with van der Waals surface area (Å²) in [5.74, 6) is 0.316. The summed E-state index contributed by atoms with van der Waals surface area (Å²) in [5.41, 5.74) is 4.35. The van der Waals surface area contributed by atoms with Crippen LogP contribution < -0.4 is 15.5 Å². The van der Waals surface area contributed by atoms with E-state index in [-0.39, 0.29) is 5.91 Å². The van der Waals surface area contributed by atoms with Crippen molar-refractivity contribution in [1.82, 2.24) is 9.97 Å². The summed E-state index contributed by atoms with van der Waals surface area (Å²) >= 11 is 0. The number of carbonyl (C=O) groups is 1. The number of nitrogens with zero attached hydrogens (tertiary/aromatic N) is 3. The molecule has 0 bridgehead atoms. The van der Waals surface area contributed by atoms with Crippen molar-refractivity contribution in [2.75, 3.05) is 28.6 Å². The van der Waals surface area contributed by atoms with Gasteiger partial charge < -0.3 is 15.5 Å². The second-order valence-corrected chi connectivity index (χ2v) is 6.97. The lowest BCUT2D eigenvalue weighted by molar-refractivity contribution is 0.102. The van der Waals surface area contributed by atoms with Crippen molar-refractivity contribution in [1.29, 1.82) is 0 Å². The number of rotatable bonds is 5. The van der Waals surface area contributed by atoms with E-state index in [9.17, 15) is 4.79 Å². The molecule has 2 heterocycles. The summed E-state index contributed by atoms with van der Waals surface area (Å²) in [6, 6.07) is 17.6. The zero-order valence-electron chi connectivity index (χ0n) is 15.9. The van der Waals surface area contributed by atoms with Crippen LogP contribution in [-0.2, 0) is 0 Å². The maximum atomic E-state index is 12.5. The number of aromatic nitrogens is 2. The first-order valence-electron chi connectivity index (χ1n) is 9.49. The standard InChI is InChI=1S/C22H23N5O/c1-16-4-6-18(7-5-16)26-22(28)20-14-21(24-15-23-20)25-17-8-10-19(11-9-17)27-12-2-3-13-27/h4-11,14-15H,2-3,12-13H2,1H3,(H,26,28)(H,23,24,25). The molecule has 1 aliphatic rings. The van der Waals surface area contributed by atoms with Gasteiger partial charge >= 0.3 is 0 Å². The molecule has 28 heavy (non-hydrogen) atoms. The van der Waals surface area contributed by atoms with Crippen molar-refractivity contribution in [2.24, 2.45) is 0 Å². The Bertz CT molecular complexity index is 947. The second-order valence-electron chi connectivity index (χ2n) is 6.97. The quantitative estimate of drug-likeness (QED) is 0.694. The van der Waals surface area contributed by atoms with E-state index in [1.807, 2.05) is 43.3 Å². The summed E-state index contributed by atoms with van der Waals surface area (Å²) in [7, 11) is 0. The average molecular weight is 373 g/mol. The van der Waals surface area contributed by atoms with Gasteiger partial charge in [-0.3, -0.25) is 4.79 Å². The summed E-state index contributed by atoms with van der Waals surface area (Å²) in [6.45, 7) is 4.25. The number of benzene rings is 2. The number of amides is 1. The number of nitrogens with one attached hydrogen (secondary N) is 2. The number of carbonyl (C=O) groups excluding carboxylic acids is 1. The lowest BCUT2D eigenvalue weighted by Crippen LogP contribution is -2.17. The van der Waals surface area contributed by atoms with Crippen LogP contribution in [0.2, 0.25) is 0 Å². The van der Waals surface area contributed by atoms with Crippen molar-refractivity contribution in [2.45, 2.75) is 19.8 Å². The van der Waals surface area contributed by atoms with Gasteiger partial charge in [0, 0.05) is 36.2 Å². The first-order valence-corrected chi connectivity index (χ1v) is 9.49. The fourth-order valence-electron chi connectivity index (χ4n) is 3.26. The highest BCUT2D eigenvalue weighted by Gasteiger charge is 2.12. The van der Waals surface area contributed by atoms with Crippen LogP contribution in [0.5, 0.6) is 0 Å². The largest absolute Gasteiger partial charge is 0.372 e. The third-order valence-electron chi connectivity index (χ3n) is 4.82. The lowest BCUT2D eigenvalue weighted by Gasteiger charge is -2.17. The molecule has 1 saturated heterocycles. The molecule has 142 valence electrons. The fourth-order valence-corrected chi connectivity index (χ4v) is 3.26. The molecule has 4 rings (SSSR count). The van der Waals surface area contributed by atoms with Crippen LogP contribution in [0, 0.1) is 6.92 Å². The number of aryl methyl sites for hydroxylation is 1. The van der Waals surface area contributed by atoms with E-state index in [1.54, 1.807) is 6.07 Å². The minimum Gasteiger partial charge on any atom is -0.372 e. The molecule has 0 aliphatic carbocycles. The minimum absolute atomic E-state index is 0.265. The van der Waals surface area contributed by atoms with Gasteiger partial charge in [0.05, 0.1) is 0 Å². The van der Waals surface area contributed by atoms with Crippen molar-refractivity contribution in [3.05, 3.63) is 72.2 Å². The molecule has 3 aromatic rings. The van der Waals surface area contributed by atoms with Gasteiger partial charge in [-0.25, -0.2) is 9.97 Å². The van der Waals surface area contributed by atoms with Gasteiger partial charge in [-0.15, -0.1) is 0 Å². The van der Waals surface area contributed by atoms with Crippen LogP contribution in [0.25, 0.3) is 0 Å². The molecule has 0 atom stereocenters. The van der Waals surface area contributed by atoms with Crippen LogP contribution in [0.3, 0.4) is 0 Å². The Labute approximate surface area is 164 Å². The normalized spacial score (nSPS) is 13.4. The van der Waals surface area contributed by atoms with Crippen molar-refractivity contribution < 1.29 is 4.79 Å². The molecule has 0 saturated carbocycles. The van der Waals surface area contributed by atoms with Gasteiger partial charge in [0.15, 0.2) is 0 Å². The van der Waals surface area contributed by atoms with E-state index in [1.165, 1.54) is 24.9 Å². The van der Waals surface area contributed by atoms with Crippen molar-refractivity contribution in [3.8, 4) is 0 Å². The van der Waals surface area contributed by atoms with E-state index < -0.39 is 0 Å². The summed E-state index contributed by atoms with van der Waals surface area (Å²) in [6.07, 6.45) is 3.91. The van der Waals surface area contributed by atoms with Crippen molar-refractivity contribution >= 4 is 28.8 Å². The molecular formula is C22H23N5O. The highest BCUT2D eigenvalue weighted by Crippen LogP contribution is 2.23. The number of anilines is 4. The Hall–Kier alpha value is -3.41. The van der Waals surface area contributed by atoms with Crippen LogP contribution in [0.4, 0.5) is 22.9 Å². The molecule has 0 unspecified atom stereocenters. The highest BCUT2D eigenvalue weighted by atomic mass is 16.1. The molecular weight excluding hydrogens is 350 g/mol. The van der Waals surface area contributed by atoms with Gasteiger partial charge in [0.1, 0.15) is 17.8 Å². The monoisotopic (exact) mass is 373 g/mol. The van der Waals surface area contributed by atoms with Crippen LogP contribution in [0.1, 0.15) is 28.9 Å². The van der Waals surface area contributed by atoms with Gasteiger partial charge in [-0.2, -0.15) is 0 Å². The lowest BCUT2D eigenvalue weighted by atomic mass is 10.2. The first-order chi connectivity index (χ1) is 13.7. The SMILES string of the molecule is Cc1ccc(NC(=O)c2cc(Nc3ccc(N4CCCC4)cc3)ncn2)cc1. The molecule has 1 fully saturated rings. The smallest absolute Gasteiger partial charge is 0.274 e. The van der Waals surface area contributed by atoms with Crippen LogP contribution in [-0.4, -0.2) is 29.0 Å². The van der Waals surface area contributed by atoms with Crippen LogP contribution >= 0.6 is 0 Å². The minimum atomic E-state index is -0.265. The topological polar surface area (TPSA) is 70.2 Å². The van der Waals surface area contributed by atoms with Crippen LogP contribution in [0.15, 0.2) is 60.9 Å². The van der Waals surface area contributed by atoms with Gasteiger partial charge in [0.25, 0.3) is 5.91 Å². The first kappa shape index (κ1) is 18.0. The van der Waals surface area contributed by atoms with E-state index in [4.69, 9.17) is 0 Å². The molecule has 1 aromatic heterocycles. The molecule has 2 N–H and O–H groups in total. The fraction of sp³-hybridized carbons (Fsp3) is 0.227. The van der Waals surface area contributed by atoms with Crippen molar-refractivity contribution in [3.63, 3.8) is 0 Å². The third kappa shape index (κ3) is 4.28. The summed E-state index contributed by atoms with van der Waals surface area (Å²) in [5, 5.41) is 6.09. The Morgan fingerprint density at radius 3 is 2.32 bits per heavy atom. The zero-order chi connectivity index (χ0) is 19.3. The average Bonchev–Trinajstić information content (AvgIpc) is 3.25. The maximum Gasteiger partial charge on any atom is 0.274 e. The predicted molar refractivity (Wildman–Crippen MR) is 112 cm³/mol. The molecule has 6 nitrogen and oxygen atoms in total. The van der Waals surface area contributed by atoms with E-state index in [2.05, 4.69) is 37.6 Å². The van der Waals surface area contributed by atoms with Gasteiger partial charge in [-0.1, -0.05) is 17.7 Å². The van der Waals surface area contributed by atoms with E-state index >= 15 is 0 Å². The molecule has 2 aromatic carbocycles. The molecule has 0 radical (unpaired) electrons. The highest BCUT2D eigenvalue weighted by molar-refractivity contribution is 6.03. The molecule has 0 spiro atoms. The Kier molecular flexibility index (Phi) is 5.19. The zero-order valence-corrected chi connectivity index (χ0v) is 15.9. The molecule has 1 amide bonds. The third-order valence-corrected chi connectivity index (χ3v) is 4.82. The number of hydrogen-bond donors (Lipinski definition) is 2. The molecule has 6 heteroatoms. The Morgan fingerprint density at radius 2 is 1.61 bits per heavy atom. The Morgan fingerprint density at radius 1 is 0.929 bits per heavy atom. The second kappa shape index (κ2) is 8.08. The van der Waals surface area contributed by atoms with Gasteiger partial charge in [-0.05, 0) is 56.2 Å². The van der Waals surface area contributed by atoms with Gasteiger partial charge in [0.2, 0.25) is 0 Å². The summed E-state index contributed by atoms with van der Waals surface area (Å²) in [4.78, 5) is 23.2. The van der Waals surface area contributed by atoms with E-state index in [0.29, 0.717) is 11.5 Å². The maximum absolute atomic E-state index is 12.5. The van der Waals surface area contributed by atoms with E-state index in [0.717, 1.165) is 30.0 Å². The molecule has 1 aliphatic heterocycles.